The molecule has 0 fully saturated rings. The van der Waals surface area contributed by atoms with Gasteiger partial charge in [-0.15, -0.1) is 11.3 Å². The Hall–Kier alpha value is -3.98. The van der Waals surface area contributed by atoms with Crippen LogP contribution in [0.1, 0.15) is 76.4 Å². The minimum atomic E-state index is -0.800. The van der Waals surface area contributed by atoms with E-state index in [1.807, 2.05) is 24.3 Å². The maximum Gasteiger partial charge on any atom is 0.341 e. The third kappa shape index (κ3) is 7.15. The lowest BCUT2D eigenvalue weighted by Gasteiger charge is -2.18. The van der Waals surface area contributed by atoms with E-state index in [-0.39, 0.29) is 12.5 Å². The van der Waals surface area contributed by atoms with Crippen LogP contribution in [0.25, 0.3) is 0 Å². The van der Waals surface area contributed by atoms with Crippen molar-refractivity contribution in [1.29, 1.82) is 0 Å². The second-order valence-corrected chi connectivity index (χ2v) is 10.9. The van der Waals surface area contributed by atoms with Crippen LogP contribution in [0, 0.1) is 5.92 Å². The molecule has 3 aromatic rings. The molecule has 9 heteroatoms. The van der Waals surface area contributed by atoms with Gasteiger partial charge in [0.15, 0.2) is 6.10 Å². The highest BCUT2D eigenvalue weighted by Crippen LogP contribution is 2.40. The van der Waals surface area contributed by atoms with Gasteiger partial charge in [-0.1, -0.05) is 38.1 Å². The third-order valence-electron chi connectivity index (χ3n) is 6.79. The van der Waals surface area contributed by atoms with Gasteiger partial charge in [-0.2, -0.15) is 5.10 Å². The minimum absolute atomic E-state index is 0.268. The number of benzene rings is 2. The number of thiophene rings is 1. The van der Waals surface area contributed by atoms with Gasteiger partial charge in [-0.05, 0) is 86.4 Å². The van der Waals surface area contributed by atoms with E-state index < -0.39 is 18.0 Å². The summed E-state index contributed by atoms with van der Waals surface area (Å²) in [6, 6.07) is 14.4. The van der Waals surface area contributed by atoms with Crippen molar-refractivity contribution in [2.45, 2.75) is 59.5 Å². The Labute approximate surface area is 238 Å². The number of amides is 2. The molecule has 40 heavy (non-hydrogen) atoms. The standard InChI is InChI=1S/C31H35N3O5S/c1-5-21-8-10-22(11-9-21)18-32-34-28(35)20(4)39-24-14-12-23(13-15-24)29(36)33-30-27(31(37)38-6-2)25-16-7-19(3)17-26(25)40-30/h8-15,18-20H,5-7,16-17H2,1-4H3,(H,33,36)(H,34,35)/b32-18-/t19-,20+/m1/s1. The number of carbonyl (C=O) groups is 3. The molecule has 1 aliphatic rings. The fourth-order valence-electron chi connectivity index (χ4n) is 4.48. The molecule has 210 valence electrons. The first-order valence-electron chi connectivity index (χ1n) is 13.6. The molecule has 8 nitrogen and oxygen atoms in total. The summed E-state index contributed by atoms with van der Waals surface area (Å²) in [7, 11) is 0. The fourth-order valence-corrected chi connectivity index (χ4v) is 5.87. The van der Waals surface area contributed by atoms with Crippen molar-refractivity contribution in [2.24, 2.45) is 11.0 Å². The smallest absolute Gasteiger partial charge is 0.341 e. The van der Waals surface area contributed by atoms with E-state index in [0.717, 1.165) is 41.7 Å². The molecule has 0 unspecified atom stereocenters. The Balaban J connectivity index is 1.36. The van der Waals surface area contributed by atoms with Crippen LogP contribution < -0.4 is 15.5 Å². The summed E-state index contributed by atoms with van der Waals surface area (Å²) in [5, 5.41) is 7.45. The number of hydrogen-bond acceptors (Lipinski definition) is 7. The number of rotatable bonds is 10. The first kappa shape index (κ1) is 29.0. The van der Waals surface area contributed by atoms with Gasteiger partial charge in [-0.3, -0.25) is 9.59 Å². The largest absolute Gasteiger partial charge is 0.481 e. The Morgan fingerprint density at radius 2 is 1.82 bits per heavy atom. The van der Waals surface area contributed by atoms with E-state index in [4.69, 9.17) is 9.47 Å². The van der Waals surface area contributed by atoms with Gasteiger partial charge < -0.3 is 14.8 Å². The van der Waals surface area contributed by atoms with Crippen molar-refractivity contribution in [1.82, 2.24) is 5.43 Å². The number of nitrogens with one attached hydrogen (secondary N) is 2. The number of hydrazone groups is 1. The van der Waals surface area contributed by atoms with Crippen LogP contribution in [0.4, 0.5) is 5.00 Å². The lowest BCUT2D eigenvalue weighted by molar-refractivity contribution is -0.127. The van der Waals surface area contributed by atoms with Crippen LogP contribution in [0.5, 0.6) is 5.75 Å². The van der Waals surface area contributed by atoms with E-state index in [9.17, 15) is 14.4 Å². The zero-order valence-electron chi connectivity index (χ0n) is 23.3. The van der Waals surface area contributed by atoms with Crippen molar-refractivity contribution in [3.8, 4) is 5.75 Å². The third-order valence-corrected chi connectivity index (χ3v) is 7.96. The zero-order chi connectivity index (χ0) is 28.6. The minimum Gasteiger partial charge on any atom is -0.481 e. The van der Waals surface area contributed by atoms with Crippen LogP contribution in [-0.2, 0) is 28.8 Å². The molecule has 0 radical (unpaired) electrons. The number of nitrogens with zero attached hydrogens (tertiary/aromatic N) is 1. The van der Waals surface area contributed by atoms with E-state index in [0.29, 0.717) is 27.8 Å². The molecule has 0 bridgehead atoms. The Kier molecular flexibility index (Phi) is 9.71. The van der Waals surface area contributed by atoms with Crippen molar-refractivity contribution in [3.63, 3.8) is 0 Å². The molecule has 0 aliphatic heterocycles. The second kappa shape index (κ2) is 13.4. The zero-order valence-corrected chi connectivity index (χ0v) is 24.1. The number of aryl methyl sites for hydroxylation is 1. The molecule has 4 rings (SSSR count). The summed E-state index contributed by atoms with van der Waals surface area (Å²) in [4.78, 5) is 39.3. The summed E-state index contributed by atoms with van der Waals surface area (Å²) >= 11 is 1.45. The van der Waals surface area contributed by atoms with Crippen molar-refractivity contribution in [3.05, 3.63) is 81.2 Å². The van der Waals surface area contributed by atoms with Crippen LogP contribution in [0.15, 0.2) is 53.6 Å². The SMILES string of the molecule is CCOC(=O)c1c(NC(=O)c2ccc(O[C@@H](C)C(=O)N/N=C\c3ccc(CC)cc3)cc2)sc2c1CC[C@@H](C)C2. The van der Waals surface area contributed by atoms with Gasteiger partial charge in [0.25, 0.3) is 11.8 Å². The van der Waals surface area contributed by atoms with Crippen LogP contribution in [0.3, 0.4) is 0 Å². The quantitative estimate of drug-likeness (QED) is 0.185. The average Bonchev–Trinajstić information content (AvgIpc) is 3.30. The molecule has 1 aromatic heterocycles. The molecule has 1 aliphatic carbocycles. The summed E-state index contributed by atoms with van der Waals surface area (Å²) in [6.07, 6.45) is 4.42. The lowest BCUT2D eigenvalue weighted by Crippen LogP contribution is -2.33. The average molecular weight is 562 g/mol. The van der Waals surface area contributed by atoms with E-state index in [1.165, 1.54) is 16.9 Å². The van der Waals surface area contributed by atoms with E-state index in [2.05, 4.69) is 29.7 Å². The summed E-state index contributed by atoms with van der Waals surface area (Å²) < 4.78 is 11.0. The van der Waals surface area contributed by atoms with Gasteiger partial charge in [0.1, 0.15) is 10.8 Å². The fraction of sp³-hybridized carbons (Fsp3) is 0.355. The van der Waals surface area contributed by atoms with Gasteiger partial charge >= 0.3 is 5.97 Å². The first-order chi connectivity index (χ1) is 19.3. The van der Waals surface area contributed by atoms with Crippen molar-refractivity contribution < 1.29 is 23.9 Å². The monoisotopic (exact) mass is 561 g/mol. The van der Waals surface area contributed by atoms with E-state index >= 15 is 0 Å². The Morgan fingerprint density at radius 3 is 2.50 bits per heavy atom. The van der Waals surface area contributed by atoms with Crippen molar-refractivity contribution in [2.75, 3.05) is 11.9 Å². The van der Waals surface area contributed by atoms with Gasteiger partial charge in [0.05, 0.1) is 18.4 Å². The normalized spacial score (nSPS) is 15.2. The van der Waals surface area contributed by atoms with Gasteiger partial charge in [0, 0.05) is 10.4 Å². The highest BCUT2D eigenvalue weighted by molar-refractivity contribution is 7.17. The molecular formula is C31H35N3O5S. The highest BCUT2D eigenvalue weighted by Gasteiger charge is 2.29. The van der Waals surface area contributed by atoms with Crippen LogP contribution >= 0.6 is 11.3 Å². The van der Waals surface area contributed by atoms with Gasteiger partial charge in [0.2, 0.25) is 0 Å². The highest BCUT2D eigenvalue weighted by atomic mass is 32.1. The summed E-state index contributed by atoms with van der Waals surface area (Å²) in [5.41, 5.74) is 6.47. The number of esters is 1. The Morgan fingerprint density at radius 1 is 1.10 bits per heavy atom. The maximum absolute atomic E-state index is 13.1. The molecule has 0 saturated carbocycles. The predicted octanol–water partition coefficient (Wildman–Crippen LogP) is 5.78. The number of hydrogen-bond donors (Lipinski definition) is 2. The molecule has 0 saturated heterocycles. The molecule has 2 N–H and O–H groups in total. The molecular weight excluding hydrogens is 526 g/mol. The molecule has 2 amide bonds. The predicted molar refractivity (Wildman–Crippen MR) is 158 cm³/mol. The number of carbonyl (C=O) groups excluding carboxylic acids is 3. The maximum atomic E-state index is 13.1. The first-order valence-corrected chi connectivity index (χ1v) is 14.4. The van der Waals surface area contributed by atoms with Gasteiger partial charge in [-0.25, -0.2) is 10.2 Å². The summed E-state index contributed by atoms with van der Waals surface area (Å²) in [6.45, 7) is 7.94. The lowest BCUT2D eigenvalue weighted by atomic mass is 9.88. The second-order valence-electron chi connectivity index (χ2n) is 9.84. The topological polar surface area (TPSA) is 106 Å². The Bertz CT molecular complexity index is 1380. The molecule has 2 atom stereocenters. The van der Waals surface area contributed by atoms with Crippen molar-refractivity contribution >= 4 is 40.3 Å². The number of anilines is 1. The number of fused-ring (bicyclic) bond motifs is 1. The molecule has 0 spiro atoms. The summed E-state index contributed by atoms with van der Waals surface area (Å²) in [5.74, 6) is -0.168. The molecule has 2 aromatic carbocycles. The van der Waals surface area contributed by atoms with Crippen LogP contribution in [-0.4, -0.2) is 36.7 Å². The van der Waals surface area contributed by atoms with Crippen LogP contribution in [0.2, 0.25) is 0 Å². The van der Waals surface area contributed by atoms with E-state index in [1.54, 1.807) is 44.3 Å². The molecule has 1 heterocycles. The number of ether oxygens (including phenoxy) is 2.